The van der Waals surface area contributed by atoms with E-state index < -0.39 is 0 Å². The Morgan fingerprint density at radius 1 is 1.41 bits per heavy atom. The number of carbonyl (C=O) groups excluding carboxylic acids is 1. The van der Waals surface area contributed by atoms with Crippen LogP contribution in [0.5, 0.6) is 0 Å². The predicted molar refractivity (Wildman–Crippen MR) is 69.3 cm³/mol. The molecular weight excluding hydrogens is 236 g/mol. The van der Waals surface area contributed by atoms with Crippen LogP contribution in [0, 0.1) is 6.92 Å². The SMILES string of the molecule is Cc1ccc(Cl)cc1C(=O)N1CCC(N)CC1. The summed E-state index contributed by atoms with van der Waals surface area (Å²) in [5, 5.41) is 0.604. The highest BCUT2D eigenvalue weighted by Crippen LogP contribution is 2.19. The molecule has 17 heavy (non-hydrogen) atoms. The molecule has 1 aromatic carbocycles. The molecule has 0 radical (unpaired) electrons. The van der Waals surface area contributed by atoms with Crippen molar-refractivity contribution in [3.05, 3.63) is 34.3 Å². The summed E-state index contributed by atoms with van der Waals surface area (Å²) in [7, 11) is 0. The summed E-state index contributed by atoms with van der Waals surface area (Å²) in [5.41, 5.74) is 7.50. The Labute approximate surface area is 107 Å². The number of nitrogens with zero attached hydrogens (tertiary/aromatic N) is 1. The first kappa shape index (κ1) is 12.4. The Bertz CT molecular complexity index is 425. The Hall–Kier alpha value is -1.06. The second-order valence-corrected chi connectivity index (χ2v) is 5.03. The highest BCUT2D eigenvalue weighted by molar-refractivity contribution is 6.31. The number of halogens is 1. The molecule has 2 N–H and O–H groups in total. The fourth-order valence-electron chi connectivity index (χ4n) is 2.10. The van der Waals surface area contributed by atoms with Gasteiger partial charge in [-0.3, -0.25) is 4.79 Å². The number of hydrogen-bond donors (Lipinski definition) is 1. The maximum atomic E-state index is 12.3. The van der Waals surface area contributed by atoms with E-state index >= 15 is 0 Å². The van der Waals surface area contributed by atoms with E-state index in [-0.39, 0.29) is 11.9 Å². The molecule has 0 saturated carbocycles. The van der Waals surface area contributed by atoms with Gasteiger partial charge in [-0.25, -0.2) is 0 Å². The van der Waals surface area contributed by atoms with E-state index in [9.17, 15) is 4.79 Å². The minimum Gasteiger partial charge on any atom is -0.339 e. The van der Waals surface area contributed by atoms with Gasteiger partial charge >= 0.3 is 0 Å². The maximum absolute atomic E-state index is 12.3. The molecule has 1 heterocycles. The van der Waals surface area contributed by atoms with Gasteiger partial charge in [0.15, 0.2) is 0 Å². The van der Waals surface area contributed by atoms with Gasteiger partial charge in [0.05, 0.1) is 0 Å². The van der Waals surface area contributed by atoms with Gasteiger partial charge < -0.3 is 10.6 Å². The third-order valence-corrected chi connectivity index (χ3v) is 3.49. The summed E-state index contributed by atoms with van der Waals surface area (Å²) in [6.07, 6.45) is 1.76. The van der Waals surface area contributed by atoms with Crippen LogP contribution in [-0.2, 0) is 0 Å². The quantitative estimate of drug-likeness (QED) is 0.833. The zero-order valence-electron chi connectivity index (χ0n) is 9.95. The standard InChI is InChI=1S/C13H17ClN2O/c1-9-2-3-10(14)8-12(9)13(17)16-6-4-11(15)5-7-16/h2-3,8,11H,4-7,15H2,1H3. The first-order chi connectivity index (χ1) is 8.08. The second kappa shape index (κ2) is 5.07. The van der Waals surface area contributed by atoms with Crippen LogP contribution >= 0.6 is 11.6 Å². The van der Waals surface area contributed by atoms with Gasteiger partial charge in [0.2, 0.25) is 0 Å². The molecule has 1 fully saturated rings. The number of piperidine rings is 1. The molecule has 0 aromatic heterocycles. The maximum Gasteiger partial charge on any atom is 0.254 e. The Morgan fingerprint density at radius 3 is 2.71 bits per heavy atom. The van der Waals surface area contributed by atoms with Crippen molar-refractivity contribution < 1.29 is 4.79 Å². The third kappa shape index (κ3) is 2.79. The number of likely N-dealkylation sites (tertiary alicyclic amines) is 1. The molecule has 0 bridgehead atoms. The fourth-order valence-corrected chi connectivity index (χ4v) is 2.27. The summed E-state index contributed by atoms with van der Waals surface area (Å²) < 4.78 is 0. The van der Waals surface area contributed by atoms with E-state index in [4.69, 9.17) is 17.3 Å². The zero-order chi connectivity index (χ0) is 12.4. The number of nitrogens with two attached hydrogens (primary N) is 1. The molecule has 1 aromatic rings. The van der Waals surface area contributed by atoms with E-state index in [1.165, 1.54) is 0 Å². The van der Waals surface area contributed by atoms with Crippen molar-refractivity contribution in [3.63, 3.8) is 0 Å². The molecule has 1 aliphatic heterocycles. The van der Waals surface area contributed by atoms with Crippen LogP contribution in [0.25, 0.3) is 0 Å². The number of hydrogen-bond acceptors (Lipinski definition) is 2. The number of rotatable bonds is 1. The van der Waals surface area contributed by atoms with Crippen LogP contribution < -0.4 is 5.73 Å². The van der Waals surface area contributed by atoms with Crippen molar-refractivity contribution in [1.29, 1.82) is 0 Å². The topological polar surface area (TPSA) is 46.3 Å². The average molecular weight is 253 g/mol. The van der Waals surface area contributed by atoms with Gasteiger partial charge in [0.1, 0.15) is 0 Å². The van der Waals surface area contributed by atoms with Crippen molar-refractivity contribution in [2.75, 3.05) is 13.1 Å². The van der Waals surface area contributed by atoms with Crippen molar-refractivity contribution in [3.8, 4) is 0 Å². The lowest BCUT2D eigenvalue weighted by atomic mass is 10.0. The number of benzene rings is 1. The highest BCUT2D eigenvalue weighted by atomic mass is 35.5. The second-order valence-electron chi connectivity index (χ2n) is 4.59. The minimum atomic E-state index is 0.0666. The van der Waals surface area contributed by atoms with Gasteiger partial charge in [-0.1, -0.05) is 17.7 Å². The van der Waals surface area contributed by atoms with Crippen molar-refractivity contribution >= 4 is 17.5 Å². The molecule has 1 saturated heterocycles. The molecule has 2 rings (SSSR count). The molecular formula is C13H17ClN2O. The molecule has 1 amide bonds. The smallest absolute Gasteiger partial charge is 0.254 e. The van der Waals surface area contributed by atoms with E-state index in [0.717, 1.165) is 31.5 Å². The monoisotopic (exact) mass is 252 g/mol. The van der Waals surface area contributed by atoms with Gasteiger partial charge in [-0.05, 0) is 37.5 Å². The van der Waals surface area contributed by atoms with Gasteiger partial charge in [-0.2, -0.15) is 0 Å². The van der Waals surface area contributed by atoms with Crippen LogP contribution in [-0.4, -0.2) is 29.9 Å². The lowest BCUT2D eigenvalue weighted by Crippen LogP contribution is -2.43. The molecule has 92 valence electrons. The van der Waals surface area contributed by atoms with Crippen molar-refractivity contribution in [1.82, 2.24) is 4.90 Å². The van der Waals surface area contributed by atoms with E-state index in [2.05, 4.69) is 0 Å². The van der Waals surface area contributed by atoms with Crippen molar-refractivity contribution in [2.24, 2.45) is 5.73 Å². The molecule has 1 aliphatic rings. The Balaban J connectivity index is 2.16. The molecule has 0 unspecified atom stereocenters. The van der Waals surface area contributed by atoms with Crippen LogP contribution in [0.1, 0.15) is 28.8 Å². The summed E-state index contributed by atoms with van der Waals surface area (Å²) in [6.45, 7) is 3.41. The van der Waals surface area contributed by atoms with Crippen LogP contribution in [0.4, 0.5) is 0 Å². The van der Waals surface area contributed by atoms with Gasteiger partial charge in [0, 0.05) is 29.7 Å². The van der Waals surface area contributed by atoms with E-state index in [1.807, 2.05) is 17.9 Å². The molecule has 0 aliphatic carbocycles. The third-order valence-electron chi connectivity index (χ3n) is 3.26. The minimum absolute atomic E-state index is 0.0666. The van der Waals surface area contributed by atoms with E-state index in [1.54, 1.807) is 12.1 Å². The lowest BCUT2D eigenvalue weighted by molar-refractivity contribution is 0.0714. The van der Waals surface area contributed by atoms with Crippen LogP contribution in [0.3, 0.4) is 0 Å². The van der Waals surface area contributed by atoms with Gasteiger partial charge in [0.25, 0.3) is 5.91 Å². The Morgan fingerprint density at radius 2 is 2.06 bits per heavy atom. The number of carbonyl (C=O) groups is 1. The molecule has 3 nitrogen and oxygen atoms in total. The van der Waals surface area contributed by atoms with Gasteiger partial charge in [-0.15, -0.1) is 0 Å². The Kier molecular flexibility index (Phi) is 3.69. The molecule has 0 atom stereocenters. The van der Waals surface area contributed by atoms with Crippen LogP contribution in [0.2, 0.25) is 5.02 Å². The fraction of sp³-hybridized carbons (Fsp3) is 0.462. The van der Waals surface area contributed by atoms with Crippen LogP contribution in [0.15, 0.2) is 18.2 Å². The summed E-state index contributed by atoms with van der Waals surface area (Å²) in [4.78, 5) is 14.2. The first-order valence-electron chi connectivity index (χ1n) is 5.89. The molecule has 0 spiro atoms. The van der Waals surface area contributed by atoms with E-state index in [0.29, 0.717) is 10.6 Å². The zero-order valence-corrected chi connectivity index (χ0v) is 10.7. The summed E-state index contributed by atoms with van der Waals surface area (Å²) >= 11 is 5.93. The number of aryl methyl sites for hydroxylation is 1. The number of amides is 1. The normalized spacial score (nSPS) is 17.2. The predicted octanol–water partition coefficient (Wildman–Crippen LogP) is 2.21. The van der Waals surface area contributed by atoms with Crippen molar-refractivity contribution in [2.45, 2.75) is 25.8 Å². The summed E-state index contributed by atoms with van der Waals surface area (Å²) in [6, 6.07) is 5.67. The largest absolute Gasteiger partial charge is 0.339 e. The summed E-state index contributed by atoms with van der Waals surface area (Å²) in [5.74, 6) is 0.0666. The average Bonchev–Trinajstić information content (AvgIpc) is 2.32. The highest BCUT2D eigenvalue weighted by Gasteiger charge is 2.22. The molecule has 4 heteroatoms. The lowest BCUT2D eigenvalue weighted by Gasteiger charge is -2.30. The first-order valence-corrected chi connectivity index (χ1v) is 6.26.